The lowest BCUT2D eigenvalue weighted by atomic mass is 9.87. The fraction of sp³-hybridized carbons (Fsp3) is 0.562. The van der Waals surface area contributed by atoms with Crippen molar-refractivity contribution in [2.75, 3.05) is 6.54 Å². The molecule has 0 spiro atoms. The number of benzene rings is 1. The Hall–Kier alpha value is -1.31. The number of hydrogen-bond acceptors (Lipinski definition) is 1. The molecule has 1 fully saturated rings. The van der Waals surface area contributed by atoms with Crippen molar-refractivity contribution in [3.05, 3.63) is 35.4 Å². The zero-order valence-corrected chi connectivity index (χ0v) is 11.0. The second-order valence-electron chi connectivity index (χ2n) is 5.66. The van der Waals surface area contributed by atoms with Gasteiger partial charge in [0, 0.05) is 19.0 Å². The van der Waals surface area contributed by atoms with E-state index in [-0.39, 0.29) is 0 Å². The minimum absolute atomic E-state index is 0.531. The molecular weight excluding hydrogens is 220 g/mol. The van der Waals surface area contributed by atoms with Crippen LogP contribution in [0.15, 0.2) is 24.3 Å². The fourth-order valence-electron chi connectivity index (χ4n) is 3.34. The summed E-state index contributed by atoms with van der Waals surface area (Å²) in [5.74, 6) is 1.44. The van der Waals surface area contributed by atoms with Gasteiger partial charge in [-0.3, -0.25) is 5.41 Å². The van der Waals surface area contributed by atoms with Crippen LogP contribution >= 0.6 is 0 Å². The van der Waals surface area contributed by atoms with Crippen LogP contribution in [-0.4, -0.2) is 17.3 Å². The molecule has 1 aromatic rings. The van der Waals surface area contributed by atoms with Gasteiger partial charge in [0.05, 0.1) is 5.84 Å². The van der Waals surface area contributed by atoms with Gasteiger partial charge in [0.1, 0.15) is 0 Å². The lowest BCUT2D eigenvalue weighted by molar-refractivity contribution is 0.337. The molecule has 0 unspecified atom stereocenters. The summed E-state index contributed by atoms with van der Waals surface area (Å²) in [4.78, 5) is 2.30. The van der Waals surface area contributed by atoms with E-state index in [1.165, 1.54) is 43.2 Å². The quantitative estimate of drug-likeness (QED) is 0.591. The Morgan fingerprint density at radius 1 is 1.06 bits per heavy atom. The van der Waals surface area contributed by atoms with Crippen molar-refractivity contribution in [1.82, 2.24) is 4.90 Å². The van der Waals surface area contributed by atoms with Crippen LogP contribution in [0.1, 0.15) is 43.2 Å². The SMILES string of the molecule is N=C(C1CCCCC1)N1CCc2ccccc2C1. The predicted molar refractivity (Wildman–Crippen MR) is 74.9 cm³/mol. The van der Waals surface area contributed by atoms with Crippen LogP contribution in [0.5, 0.6) is 0 Å². The van der Waals surface area contributed by atoms with Crippen LogP contribution in [-0.2, 0) is 13.0 Å². The Kier molecular flexibility index (Phi) is 3.35. The Morgan fingerprint density at radius 2 is 1.78 bits per heavy atom. The van der Waals surface area contributed by atoms with E-state index in [0.29, 0.717) is 5.92 Å². The molecule has 2 nitrogen and oxygen atoms in total. The number of nitrogens with zero attached hydrogens (tertiary/aromatic N) is 1. The van der Waals surface area contributed by atoms with E-state index in [2.05, 4.69) is 29.2 Å². The molecule has 0 aromatic heterocycles. The van der Waals surface area contributed by atoms with Crippen molar-refractivity contribution < 1.29 is 0 Å². The smallest absolute Gasteiger partial charge is 0.0992 e. The fourth-order valence-corrected chi connectivity index (χ4v) is 3.34. The van der Waals surface area contributed by atoms with E-state index in [1.54, 1.807) is 0 Å². The monoisotopic (exact) mass is 242 g/mol. The molecule has 1 aromatic carbocycles. The van der Waals surface area contributed by atoms with Gasteiger partial charge in [0.15, 0.2) is 0 Å². The lowest BCUT2D eigenvalue weighted by Gasteiger charge is -2.35. The van der Waals surface area contributed by atoms with Gasteiger partial charge in [0.2, 0.25) is 0 Å². The standard InChI is InChI=1S/C16H22N2/c17-16(14-7-2-1-3-8-14)18-11-10-13-6-4-5-9-15(13)12-18/h4-6,9,14,17H,1-3,7-8,10-12H2. The van der Waals surface area contributed by atoms with Crippen molar-refractivity contribution >= 4 is 5.84 Å². The average molecular weight is 242 g/mol. The van der Waals surface area contributed by atoms with Crippen molar-refractivity contribution in [2.45, 2.75) is 45.1 Å². The summed E-state index contributed by atoms with van der Waals surface area (Å²) >= 11 is 0. The van der Waals surface area contributed by atoms with Gasteiger partial charge in [-0.05, 0) is 30.4 Å². The van der Waals surface area contributed by atoms with Crippen LogP contribution in [0.2, 0.25) is 0 Å². The normalized spacial score (nSPS) is 20.6. The minimum atomic E-state index is 0.531. The van der Waals surface area contributed by atoms with E-state index in [0.717, 1.165) is 25.3 Å². The number of hydrogen-bond donors (Lipinski definition) is 1. The van der Waals surface area contributed by atoms with E-state index in [1.807, 2.05) is 0 Å². The summed E-state index contributed by atoms with van der Waals surface area (Å²) in [6, 6.07) is 8.69. The molecule has 0 radical (unpaired) electrons. The van der Waals surface area contributed by atoms with E-state index >= 15 is 0 Å². The van der Waals surface area contributed by atoms with E-state index in [4.69, 9.17) is 5.41 Å². The van der Waals surface area contributed by atoms with Crippen molar-refractivity contribution in [3.63, 3.8) is 0 Å². The van der Waals surface area contributed by atoms with Crippen LogP contribution in [0.25, 0.3) is 0 Å². The number of nitrogens with one attached hydrogen (secondary N) is 1. The maximum atomic E-state index is 8.44. The molecule has 0 bridgehead atoms. The Morgan fingerprint density at radius 3 is 2.56 bits per heavy atom. The van der Waals surface area contributed by atoms with Crippen LogP contribution in [0.4, 0.5) is 0 Å². The maximum absolute atomic E-state index is 8.44. The van der Waals surface area contributed by atoms with E-state index < -0.39 is 0 Å². The summed E-state index contributed by atoms with van der Waals surface area (Å²) in [7, 11) is 0. The van der Waals surface area contributed by atoms with Gasteiger partial charge >= 0.3 is 0 Å². The van der Waals surface area contributed by atoms with Gasteiger partial charge in [-0.25, -0.2) is 0 Å². The maximum Gasteiger partial charge on any atom is 0.0992 e. The molecule has 2 aliphatic rings. The largest absolute Gasteiger partial charge is 0.356 e. The third kappa shape index (κ3) is 2.29. The summed E-state index contributed by atoms with van der Waals surface area (Å²) in [5, 5.41) is 8.44. The van der Waals surface area contributed by atoms with E-state index in [9.17, 15) is 0 Å². The highest BCUT2D eigenvalue weighted by atomic mass is 15.2. The zero-order chi connectivity index (χ0) is 12.4. The molecule has 3 rings (SSSR count). The van der Waals surface area contributed by atoms with Crippen molar-refractivity contribution in [1.29, 1.82) is 5.41 Å². The Labute approximate surface area is 110 Å². The van der Waals surface area contributed by atoms with Crippen molar-refractivity contribution in [3.8, 4) is 0 Å². The average Bonchev–Trinajstić information content (AvgIpc) is 2.47. The van der Waals surface area contributed by atoms with Crippen LogP contribution in [0.3, 0.4) is 0 Å². The first-order valence-electron chi connectivity index (χ1n) is 7.25. The molecular formula is C16H22N2. The molecule has 2 heteroatoms. The molecule has 0 atom stereocenters. The molecule has 0 amide bonds. The Balaban J connectivity index is 1.69. The summed E-state index contributed by atoms with van der Waals surface area (Å²) in [6.07, 6.45) is 7.57. The lowest BCUT2D eigenvalue weighted by Crippen LogP contribution is -2.39. The highest BCUT2D eigenvalue weighted by Crippen LogP contribution is 2.28. The van der Waals surface area contributed by atoms with Crippen molar-refractivity contribution in [2.24, 2.45) is 5.92 Å². The molecule has 18 heavy (non-hydrogen) atoms. The van der Waals surface area contributed by atoms with Gasteiger partial charge in [-0.15, -0.1) is 0 Å². The number of fused-ring (bicyclic) bond motifs is 1. The van der Waals surface area contributed by atoms with Gasteiger partial charge in [-0.2, -0.15) is 0 Å². The Bertz CT molecular complexity index is 432. The third-order valence-electron chi connectivity index (χ3n) is 4.46. The number of rotatable bonds is 1. The second-order valence-corrected chi connectivity index (χ2v) is 5.66. The third-order valence-corrected chi connectivity index (χ3v) is 4.46. The first-order valence-corrected chi connectivity index (χ1v) is 7.25. The summed E-state index contributed by atoms with van der Waals surface area (Å²) in [5.41, 5.74) is 2.90. The predicted octanol–water partition coefficient (Wildman–Crippen LogP) is 3.60. The molecule has 1 aliphatic heterocycles. The van der Waals surface area contributed by atoms with Gasteiger partial charge < -0.3 is 4.90 Å². The number of amidine groups is 1. The zero-order valence-electron chi connectivity index (χ0n) is 11.0. The molecule has 1 aliphatic carbocycles. The topological polar surface area (TPSA) is 27.1 Å². The molecule has 1 heterocycles. The molecule has 1 N–H and O–H groups in total. The van der Waals surface area contributed by atoms with Gasteiger partial charge in [-0.1, -0.05) is 43.5 Å². The summed E-state index contributed by atoms with van der Waals surface area (Å²) < 4.78 is 0. The highest BCUT2D eigenvalue weighted by molar-refractivity contribution is 5.82. The highest BCUT2D eigenvalue weighted by Gasteiger charge is 2.25. The first kappa shape index (κ1) is 11.8. The molecule has 1 saturated carbocycles. The molecule has 0 saturated heterocycles. The van der Waals surface area contributed by atoms with Crippen LogP contribution in [0, 0.1) is 11.3 Å². The first-order chi connectivity index (χ1) is 8.84. The summed E-state index contributed by atoms with van der Waals surface area (Å²) in [6.45, 7) is 1.98. The second kappa shape index (κ2) is 5.13. The molecule has 96 valence electrons. The minimum Gasteiger partial charge on any atom is -0.356 e. The van der Waals surface area contributed by atoms with Crippen LogP contribution < -0.4 is 0 Å². The van der Waals surface area contributed by atoms with Gasteiger partial charge in [0.25, 0.3) is 0 Å².